The van der Waals surface area contributed by atoms with E-state index in [9.17, 15) is 35.4 Å². The summed E-state index contributed by atoms with van der Waals surface area (Å²) in [5.74, 6) is -2.17. The summed E-state index contributed by atoms with van der Waals surface area (Å²) in [5, 5.41) is 66.0. The highest BCUT2D eigenvalue weighted by atomic mass is 16.7. The van der Waals surface area contributed by atoms with Crippen molar-refractivity contribution in [3.05, 3.63) is 47.5 Å². The molecule has 2 aromatic carbocycles. The van der Waals surface area contributed by atoms with Gasteiger partial charge in [0, 0.05) is 24.3 Å². The van der Waals surface area contributed by atoms with E-state index in [1.165, 1.54) is 25.6 Å². The highest BCUT2D eigenvalue weighted by molar-refractivity contribution is 5.97. The number of hydrogen-bond acceptors (Lipinski definition) is 13. The van der Waals surface area contributed by atoms with E-state index < -0.39 is 54.4 Å². The van der Waals surface area contributed by atoms with E-state index in [2.05, 4.69) is 9.98 Å². The first-order chi connectivity index (χ1) is 22.1. The summed E-state index contributed by atoms with van der Waals surface area (Å²) >= 11 is 0. The molecule has 1 unspecified atom stereocenters. The Bertz CT molecular complexity index is 1550. The summed E-state index contributed by atoms with van der Waals surface area (Å²) in [6, 6.07) is 8.29. The molecule has 46 heavy (non-hydrogen) atoms. The van der Waals surface area contributed by atoms with Gasteiger partial charge in [0.2, 0.25) is 12.0 Å². The van der Waals surface area contributed by atoms with E-state index in [1.54, 1.807) is 24.3 Å². The van der Waals surface area contributed by atoms with E-state index >= 15 is 0 Å². The number of aliphatic carboxylic acids is 1. The molecular formula is C32H36N2O12. The maximum Gasteiger partial charge on any atom is 0.336 e. The number of hydrogen-bond donors (Lipinski definition) is 6. The average Bonchev–Trinajstić information content (AvgIpc) is 3.56. The summed E-state index contributed by atoms with van der Waals surface area (Å²) < 4.78 is 29.1. The number of phenolic OH excluding ortho intramolecular Hbond substituents is 1. The minimum atomic E-state index is -2.47. The molecule has 4 aliphatic rings. The van der Waals surface area contributed by atoms with Crippen molar-refractivity contribution in [3.63, 3.8) is 0 Å². The molecule has 2 fully saturated rings. The number of aliphatic hydroxyl groups is 4. The third-order valence-electron chi connectivity index (χ3n) is 8.67. The number of benzene rings is 2. The zero-order chi connectivity index (χ0) is 32.6. The lowest BCUT2D eigenvalue weighted by atomic mass is 9.80. The molecule has 6 atom stereocenters. The van der Waals surface area contributed by atoms with Crippen molar-refractivity contribution < 1.29 is 59.1 Å². The van der Waals surface area contributed by atoms with Gasteiger partial charge in [0.15, 0.2) is 17.6 Å². The van der Waals surface area contributed by atoms with E-state index in [0.29, 0.717) is 29.9 Å². The fraction of sp³-hybridized carbons (Fsp3) is 0.469. The van der Waals surface area contributed by atoms with Crippen molar-refractivity contribution in [1.29, 1.82) is 0 Å². The van der Waals surface area contributed by atoms with Crippen LogP contribution in [-0.2, 0) is 9.53 Å². The Hall–Kier alpha value is -4.37. The normalized spacial score (nSPS) is 29.3. The maximum atomic E-state index is 12.3. The van der Waals surface area contributed by atoms with Gasteiger partial charge in [-0.15, -0.1) is 0 Å². The van der Waals surface area contributed by atoms with Gasteiger partial charge in [0.1, 0.15) is 53.1 Å². The van der Waals surface area contributed by atoms with Crippen molar-refractivity contribution >= 4 is 23.8 Å². The first-order valence-electron chi connectivity index (χ1n) is 15.0. The second-order valence-corrected chi connectivity index (χ2v) is 11.8. The molecule has 6 rings (SSSR count). The lowest BCUT2D eigenvalue weighted by Gasteiger charge is -2.46. The fourth-order valence-corrected chi connectivity index (χ4v) is 6.21. The van der Waals surface area contributed by atoms with Crippen LogP contribution in [0, 0.1) is 0 Å². The smallest absolute Gasteiger partial charge is 0.336 e. The van der Waals surface area contributed by atoms with Crippen LogP contribution in [-0.4, -0.2) is 98.6 Å². The third kappa shape index (κ3) is 5.96. The molecule has 0 bridgehead atoms. The summed E-state index contributed by atoms with van der Waals surface area (Å²) in [6.45, 7) is 0.0898. The molecular weight excluding hydrogens is 604 g/mol. The standard InChI is InChI=1S/C32H36N2O12/c1-42-18-9-7-16(8-10-18)21-11-20(35)24-22(44-21)12-23(27(25(24)36)43-19-5-3-2-4-6-19)45-31-26(37)28(38)32(41,29(46-31)30(39)40)13-17-14-33-15-34-17/h7-12,15,19,21,26,28-29,31,35-38,41H,2-6,13-14H2,1H3,(H,39,40)/t21?,26-,28+,29-,31-,32+/m1/s1. The van der Waals surface area contributed by atoms with Crippen molar-refractivity contribution in [1.82, 2.24) is 0 Å². The number of nitrogens with zero attached hydrogens (tertiary/aromatic N) is 2. The Kier molecular flexibility index (Phi) is 8.79. The van der Waals surface area contributed by atoms with Crippen LogP contribution in [0.2, 0.25) is 0 Å². The van der Waals surface area contributed by atoms with Gasteiger partial charge in [0.25, 0.3) is 0 Å². The molecule has 1 aliphatic carbocycles. The molecule has 0 spiro atoms. The number of rotatable bonds is 9. The van der Waals surface area contributed by atoms with Crippen LogP contribution in [0.3, 0.4) is 0 Å². The van der Waals surface area contributed by atoms with Gasteiger partial charge in [-0.3, -0.25) is 4.99 Å². The van der Waals surface area contributed by atoms with Gasteiger partial charge < -0.3 is 54.3 Å². The van der Waals surface area contributed by atoms with Crippen molar-refractivity contribution in [2.75, 3.05) is 13.7 Å². The SMILES string of the molecule is COc1ccc(C2C=C(O)c3c(cc(O[C@@H]4O[C@H](C(=O)O)[C@](O)(CC5=NC=NC5)[C@@H](O)[C@H]4O)c(OC4CCCCC4)c3O)O2)cc1. The fourth-order valence-electron chi connectivity index (χ4n) is 6.21. The van der Waals surface area contributed by atoms with Crippen LogP contribution in [0.1, 0.15) is 55.8 Å². The van der Waals surface area contributed by atoms with Crippen LogP contribution in [0.5, 0.6) is 28.7 Å². The van der Waals surface area contributed by atoms with Crippen molar-refractivity contribution in [3.8, 4) is 28.7 Å². The molecule has 6 N–H and O–H groups in total. The Labute approximate surface area is 263 Å². The van der Waals surface area contributed by atoms with E-state index in [1.807, 2.05) is 0 Å². The Balaban J connectivity index is 1.35. The zero-order valence-electron chi connectivity index (χ0n) is 25.0. The number of carbonyl (C=O) groups is 1. The van der Waals surface area contributed by atoms with Gasteiger partial charge >= 0.3 is 5.97 Å². The van der Waals surface area contributed by atoms with Crippen LogP contribution >= 0.6 is 0 Å². The largest absolute Gasteiger partial charge is 0.507 e. The number of ether oxygens (including phenoxy) is 5. The Morgan fingerprint density at radius 3 is 2.48 bits per heavy atom. The molecule has 2 aromatic rings. The van der Waals surface area contributed by atoms with Gasteiger partial charge in [0.05, 0.1) is 19.8 Å². The number of aliphatic hydroxyl groups excluding tert-OH is 3. The number of phenols is 1. The van der Waals surface area contributed by atoms with Crippen molar-refractivity contribution in [2.24, 2.45) is 9.98 Å². The Morgan fingerprint density at radius 1 is 1.09 bits per heavy atom. The number of methoxy groups -OCH3 is 1. The molecule has 246 valence electrons. The highest BCUT2D eigenvalue weighted by Gasteiger charge is 2.59. The molecule has 3 aliphatic heterocycles. The minimum Gasteiger partial charge on any atom is -0.507 e. The van der Waals surface area contributed by atoms with Crippen LogP contribution < -0.4 is 18.9 Å². The van der Waals surface area contributed by atoms with Gasteiger partial charge in [-0.05, 0) is 43.4 Å². The van der Waals surface area contributed by atoms with Gasteiger partial charge in [-0.2, -0.15) is 0 Å². The molecule has 0 amide bonds. The molecule has 0 aromatic heterocycles. The predicted molar refractivity (Wildman–Crippen MR) is 162 cm³/mol. The highest BCUT2D eigenvalue weighted by Crippen LogP contribution is 2.52. The lowest BCUT2D eigenvalue weighted by molar-refractivity contribution is -0.303. The number of aliphatic imine (C=N–C) groups is 2. The molecule has 1 saturated carbocycles. The molecule has 0 radical (unpaired) electrons. The molecule has 14 heteroatoms. The minimum absolute atomic E-state index is 0.000643. The van der Waals surface area contributed by atoms with Gasteiger partial charge in [-0.25, -0.2) is 9.79 Å². The second-order valence-electron chi connectivity index (χ2n) is 11.8. The average molecular weight is 641 g/mol. The lowest BCUT2D eigenvalue weighted by Crippen LogP contribution is -2.69. The van der Waals surface area contributed by atoms with Gasteiger partial charge in [-0.1, -0.05) is 18.6 Å². The van der Waals surface area contributed by atoms with Crippen LogP contribution in [0.4, 0.5) is 0 Å². The van der Waals surface area contributed by atoms with E-state index in [0.717, 1.165) is 19.3 Å². The second kappa shape index (κ2) is 12.8. The number of aromatic hydroxyl groups is 1. The summed E-state index contributed by atoms with van der Waals surface area (Å²) in [4.78, 5) is 20.2. The number of carboxylic acid groups (broad SMARTS) is 1. The first-order valence-corrected chi connectivity index (χ1v) is 15.0. The maximum absolute atomic E-state index is 12.3. The number of fused-ring (bicyclic) bond motifs is 1. The number of carboxylic acids is 1. The van der Waals surface area contributed by atoms with E-state index in [4.69, 9.17) is 23.7 Å². The van der Waals surface area contributed by atoms with Crippen molar-refractivity contribution in [2.45, 2.75) is 80.9 Å². The van der Waals surface area contributed by atoms with Crippen LogP contribution in [0.25, 0.3) is 5.76 Å². The molecule has 1 saturated heterocycles. The monoisotopic (exact) mass is 640 g/mol. The Morgan fingerprint density at radius 2 is 1.83 bits per heavy atom. The third-order valence-corrected chi connectivity index (χ3v) is 8.67. The summed E-state index contributed by atoms with van der Waals surface area (Å²) in [6.07, 6.45) is -2.52. The van der Waals surface area contributed by atoms with E-state index in [-0.39, 0.29) is 41.2 Å². The topological polar surface area (TPSA) is 209 Å². The summed E-state index contributed by atoms with van der Waals surface area (Å²) in [7, 11) is 1.54. The molecule has 14 nitrogen and oxygen atoms in total. The summed E-state index contributed by atoms with van der Waals surface area (Å²) in [5.41, 5.74) is -1.56. The first kappa shape index (κ1) is 31.6. The quantitative estimate of drug-likeness (QED) is 0.234. The zero-order valence-corrected chi connectivity index (χ0v) is 25.0. The molecule has 3 heterocycles. The van der Waals surface area contributed by atoms with Crippen LogP contribution in [0.15, 0.2) is 46.4 Å². The predicted octanol–water partition coefficient (Wildman–Crippen LogP) is 2.66.